The molecule has 174 valence electrons. The van der Waals surface area contributed by atoms with E-state index >= 15 is 0 Å². The van der Waals surface area contributed by atoms with Gasteiger partial charge < -0.3 is 19.4 Å². The van der Waals surface area contributed by atoms with E-state index in [0.29, 0.717) is 29.4 Å². The molecule has 0 radical (unpaired) electrons. The summed E-state index contributed by atoms with van der Waals surface area (Å²) in [6.45, 7) is 2.65. The minimum Gasteiger partial charge on any atom is -0.489 e. The number of oxime groups is 1. The molecule has 0 bridgehead atoms. The molecule has 0 heterocycles. The number of aliphatic carboxylic acids is 1. The molecule has 0 aromatic heterocycles. The van der Waals surface area contributed by atoms with Crippen molar-refractivity contribution in [2.75, 3.05) is 13.7 Å². The molecule has 1 unspecified atom stereocenters. The summed E-state index contributed by atoms with van der Waals surface area (Å²) in [5, 5.41) is 22.2. The summed E-state index contributed by atoms with van der Waals surface area (Å²) in [7, 11) is 1.51. The van der Waals surface area contributed by atoms with Crippen LogP contribution in [0.3, 0.4) is 0 Å². The number of nitrogens with zero attached hydrogens (tertiary/aromatic N) is 2. The average Bonchev–Trinajstić information content (AvgIpc) is 2.84. The molecule has 3 aromatic carbocycles. The summed E-state index contributed by atoms with van der Waals surface area (Å²) in [6, 6.07) is 24.5. The van der Waals surface area contributed by atoms with Crippen LogP contribution < -0.4 is 9.47 Å². The number of hydrogen-bond donors (Lipinski definition) is 1. The van der Waals surface area contributed by atoms with Gasteiger partial charge in [-0.25, -0.2) is 0 Å². The van der Waals surface area contributed by atoms with Crippen molar-refractivity contribution in [2.45, 2.75) is 25.9 Å². The molecule has 7 heteroatoms. The van der Waals surface area contributed by atoms with Gasteiger partial charge in [0.05, 0.1) is 18.4 Å². The second-order valence-electron chi connectivity index (χ2n) is 7.66. The third kappa shape index (κ3) is 7.10. The highest BCUT2D eigenvalue weighted by Crippen LogP contribution is 2.23. The van der Waals surface area contributed by atoms with Crippen LogP contribution in [0.5, 0.6) is 11.5 Å². The first kappa shape index (κ1) is 24.3. The number of ether oxygens (including phenoxy) is 2. The summed E-state index contributed by atoms with van der Waals surface area (Å²) in [5.74, 6) is -0.351. The molecule has 0 saturated heterocycles. The van der Waals surface area contributed by atoms with E-state index in [-0.39, 0.29) is 13.0 Å². The highest BCUT2D eigenvalue weighted by atomic mass is 16.6. The number of hydrogen-bond acceptors (Lipinski definition) is 6. The number of benzene rings is 3. The first-order valence-electron chi connectivity index (χ1n) is 10.7. The lowest BCUT2D eigenvalue weighted by molar-refractivity contribution is -0.137. The van der Waals surface area contributed by atoms with E-state index in [1.165, 1.54) is 7.11 Å². The molecule has 0 fully saturated rings. The maximum atomic E-state index is 10.9. The van der Waals surface area contributed by atoms with E-state index in [9.17, 15) is 4.79 Å². The summed E-state index contributed by atoms with van der Waals surface area (Å²) >= 11 is 0. The first-order chi connectivity index (χ1) is 16.5. The quantitative estimate of drug-likeness (QED) is 0.317. The lowest BCUT2D eigenvalue weighted by atomic mass is 9.97. The molecule has 1 N–H and O–H groups in total. The largest absolute Gasteiger partial charge is 0.489 e. The Hall–Kier alpha value is -4.31. The monoisotopic (exact) mass is 458 g/mol. The van der Waals surface area contributed by atoms with E-state index in [4.69, 9.17) is 24.7 Å². The maximum Gasteiger partial charge on any atom is 0.305 e. The van der Waals surface area contributed by atoms with Crippen molar-refractivity contribution in [1.29, 1.82) is 5.26 Å². The Labute approximate surface area is 198 Å². The molecule has 0 aliphatic carbocycles. The topological polar surface area (TPSA) is 101 Å². The average molecular weight is 459 g/mol. The van der Waals surface area contributed by atoms with Gasteiger partial charge in [0.25, 0.3) is 0 Å². The van der Waals surface area contributed by atoms with Crippen LogP contribution in [0.4, 0.5) is 0 Å². The van der Waals surface area contributed by atoms with Crippen molar-refractivity contribution in [3.8, 4) is 17.6 Å². The molecule has 3 rings (SSSR count). The molecule has 0 saturated carbocycles. The fourth-order valence-electron chi connectivity index (χ4n) is 3.31. The van der Waals surface area contributed by atoms with E-state index in [2.05, 4.69) is 5.16 Å². The summed E-state index contributed by atoms with van der Waals surface area (Å²) in [6.07, 6.45) is -0.227. The molecule has 3 aromatic rings. The second kappa shape index (κ2) is 12.1. The molecule has 0 aliphatic rings. The highest BCUT2D eigenvalue weighted by Gasteiger charge is 2.14. The van der Waals surface area contributed by atoms with Gasteiger partial charge in [-0.05, 0) is 48.4 Å². The molecule has 0 amide bonds. The van der Waals surface area contributed by atoms with Crippen LogP contribution in [0.1, 0.15) is 34.6 Å². The number of aryl methyl sites for hydroxylation is 1. The molecular formula is C27H26N2O5. The van der Waals surface area contributed by atoms with Gasteiger partial charge in [-0.15, -0.1) is 0 Å². The van der Waals surface area contributed by atoms with Crippen LogP contribution in [-0.4, -0.2) is 30.5 Å². The van der Waals surface area contributed by atoms with E-state index < -0.39 is 11.9 Å². The standard InChI is InChI=1S/C27H26N2O5/c1-19-4-3-5-22(14-19)26(29-32-2)18-34-24-10-6-20(7-11-24)17-33-25-12-8-21(9-13-25)23(16-28)15-27(30)31/h3-14,23H,15,17-18H2,1-2H3,(H,30,31). The Morgan fingerprint density at radius 1 is 1.03 bits per heavy atom. The van der Waals surface area contributed by atoms with Crippen LogP contribution in [-0.2, 0) is 16.2 Å². The van der Waals surface area contributed by atoms with Gasteiger partial charge in [0.15, 0.2) is 0 Å². The third-order valence-electron chi connectivity index (χ3n) is 5.07. The van der Waals surface area contributed by atoms with Crippen LogP contribution in [0, 0.1) is 18.3 Å². The fraction of sp³-hybridized carbons (Fsp3) is 0.222. The van der Waals surface area contributed by atoms with Crippen molar-refractivity contribution in [3.05, 3.63) is 95.1 Å². The first-order valence-corrected chi connectivity index (χ1v) is 10.7. The van der Waals surface area contributed by atoms with Gasteiger partial charge in [0, 0.05) is 5.56 Å². The Balaban J connectivity index is 1.54. The highest BCUT2D eigenvalue weighted by molar-refractivity contribution is 6.01. The summed E-state index contributed by atoms with van der Waals surface area (Å²) < 4.78 is 11.7. The van der Waals surface area contributed by atoms with E-state index in [0.717, 1.165) is 16.7 Å². The molecular weight excluding hydrogens is 432 g/mol. The van der Waals surface area contributed by atoms with E-state index in [1.807, 2.05) is 61.5 Å². The van der Waals surface area contributed by atoms with Gasteiger partial charge in [-0.3, -0.25) is 4.79 Å². The zero-order valence-corrected chi connectivity index (χ0v) is 19.1. The zero-order chi connectivity index (χ0) is 24.3. The van der Waals surface area contributed by atoms with Crippen molar-refractivity contribution in [3.63, 3.8) is 0 Å². The van der Waals surface area contributed by atoms with Gasteiger partial charge in [-0.2, -0.15) is 5.26 Å². The molecule has 1 atom stereocenters. The van der Waals surface area contributed by atoms with Crippen molar-refractivity contribution < 1.29 is 24.2 Å². The normalized spacial score (nSPS) is 11.9. The second-order valence-corrected chi connectivity index (χ2v) is 7.66. The minimum atomic E-state index is -1.00. The van der Waals surface area contributed by atoms with Gasteiger partial charge in [-0.1, -0.05) is 53.2 Å². The van der Waals surface area contributed by atoms with Gasteiger partial charge >= 0.3 is 5.97 Å². The predicted molar refractivity (Wildman–Crippen MR) is 128 cm³/mol. The van der Waals surface area contributed by atoms with Crippen LogP contribution in [0.25, 0.3) is 0 Å². The molecule has 34 heavy (non-hydrogen) atoms. The van der Waals surface area contributed by atoms with Crippen LogP contribution in [0.2, 0.25) is 0 Å². The van der Waals surface area contributed by atoms with Crippen molar-refractivity contribution in [2.24, 2.45) is 5.16 Å². The van der Waals surface area contributed by atoms with Crippen molar-refractivity contribution >= 4 is 11.7 Å². The summed E-state index contributed by atoms with van der Waals surface area (Å²) in [5.41, 5.74) is 4.39. The number of carboxylic acids is 1. The minimum absolute atomic E-state index is 0.227. The smallest absolute Gasteiger partial charge is 0.305 e. The maximum absolute atomic E-state index is 10.9. The van der Waals surface area contributed by atoms with Gasteiger partial charge in [0.2, 0.25) is 0 Å². The Bertz CT molecular complexity index is 1160. The number of nitriles is 1. The van der Waals surface area contributed by atoms with Gasteiger partial charge in [0.1, 0.15) is 37.5 Å². The number of rotatable bonds is 11. The Morgan fingerprint density at radius 2 is 1.71 bits per heavy atom. The van der Waals surface area contributed by atoms with Crippen LogP contribution >= 0.6 is 0 Å². The zero-order valence-electron chi connectivity index (χ0n) is 19.1. The van der Waals surface area contributed by atoms with E-state index in [1.54, 1.807) is 24.3 Å². The fourth-order valence-corrected chi connectivity index (χ4v) is 3.31. The third-order valence-corrected chi connectivity index (χ3v) is 5.07. The lowest BCUT2D eigenvalue weighted by Crippen LogP contribution is -2.13. The predicted octanol–water partition coefficient (Wildman–Crippen LogP) is 5.09. The Kier molecular flexibility index (Phi) is 8.64. The SMILES string of the molecule is CON=C(COc1ccc(COc2ccc(C(C#N)CC(=O)O)cc2)cc1)c1cccc(C)c1. The molecule has 7 nitrogen and oxygen atoms in total. The number of carbonyl (C=O) groups is 1. The molecule has 0 spiro atoms. The molecule has 0 aliphatic heterocycles. The summed E-state index contributed by atoms with van der Waals surface area (Å²) in [4.78, 5) is 15.8. The van der Waals surface area contributed by atoms with Crippen molar-refractivity contribution in [1.82, 2.24) is 0 Å². The number of carboxylic acid groups (broad SMARTS) is 1. The Morgan fingerprint density at radius 3 is 2.32 bits per heavy atom. The van der Waals surface area contributed by atoms with Crippen LogP contribution in [0.15, 0.2) is 78.0 Å². The lowest BCUT2D eigenvalue weighted by Gasteiger charge is -2.11.